The lowest BCUT2D eigenvalue weighted by Gasteiger charge is -2.21. The third-order valence-corrected chi connectivity index (χ3v) is 2.14. The molecule has 0 radical (unpaired) electrons. The van der Waals surface area contributed by atoms with Crippen molar-refractivity contribution < 1.29 is 14.4 Å². The topological polar surface area (TPSA) is 75.3 Å². The third kappa shape index (κ3) is 3.02. The van der Waals surface area contributed by atoms with Gasteiger partial charge in [-0.1, -0.05) is 0 Å². The first-order valence-electron chi connectivity index (χ1n) is 4.37. The van der Waals surface area contributed by atoms with Crippen molar-refractivity contribution in [1.29, 1.82) is 0 Å². The minimum atomic E-state index is -0.569. The lowest BCUT2D eigenvalue weighted by atomic mass is 10.1. The normalized spacial score (nSPS) is 21.6. The van der Waals surface area contributed by atoms with Crippen molar-refractivity contribution in [3.05, 3.63) is 0 Å². The van der Waals surface area contributed by atoms with Gasteiger partial charge in [0.05, 0.1) is 0 Å². The maximum Gasteiger partial charge on any atom is 0.249 e. The Morgan fingerprint density at radius 3 is 2.86 bits per heavy atom. The highest BCUT2D eigenvalue weighted by molar-refractivity contribution is 7.80. The van der Waals surface area contributed by atoms with Crippen LogP contribution in [0.2, 0.25) is 0 Å². The molecule has 1 atom stereocenters. The highest BCUT2D eigenvalue weighted by Gasteiger charge is 2.27. The zero-order chi connectivity index (χ0) is 10.6. The molecule has 1 unspecified atom stereocenters. The number of imide groups is 1. The summed E-state index contributed by atoms with van der Waals surface area (Å²) in [6.07, 6.45) is 0.932. The quantitative estimate of drug-likeness (QED) is 0.428. The minimum Gasteiger partial charge on any atom is -0.344 e. The number of amides is 3. The van der Waals surface area contributed by atoms with Crippen LogP contribution in [0, 0.1) is 0 Å². The summed E-state index contributed by atoms with van der Waals surface area (Å²) >= 11 is 3.90. The molecule has 1 heterocycles. The Morgan fingerprint density at radius 1 is 1.57 bits per heavy atom. The van der Waals surface area contributed by atoms with E-state index in [1.165, 1.54) is 0 Å². The van der Waals surface area contributed by atoms with Gasteiger partial charge in [-0.15, -0.1) is 0 Å². The predicted molar refractivity (Wildman–Crippen MR) is 52.8 cm³/mol. The maximum absolute atomic E-state index is 11.2. The van der Waals surface area contributed by atoms with Gasteiger partial charge in [0, 0.05) is 12.8 Å². The van der Waals surface area contributed by atoms with E-state index >= 15 is 0 Å². The van der Waals surface area contributed by atoms with E-state index in [1.807, 2.05) is 0 Å². The molecular formula is C8H12N2O3S. The lowest BCUT2D eigenvalue weighted by molar-refractivity contribution is -0.137. The fourth-order valence-electron chi connectivity index (χ4n) is 1.20. The highest BCUT2D eigenvalue weighted by Crippen LogP contribution is 2.04. The van der Waals surface area contributed by atoms with Gasteiger partial charge in [0.15, 0.2) is 0 Å². The fraction of sp³-hybridized carbons (Fsp3) is 0.625. The van der Waals surface area contributed by atoms with E-state index in [0.29, 0.717) is 12.2 Å². The average molecular weight is 216 g/mol. The Bertz CT molecular complexity index is 267. The van der Waals surface area contributed by atoms with E-state index in [4.69, 9.17) is 0 Å². The zero-order valence-corrected chi connectivity index (χ0v) is 8.47. The molecule has 3 amide bonds. The summed E-state index contributed by atoms with van der Waals surface area (Å²) in [6.45, 7) is 0. The second kappa shape index (κ2) is 4.99. The summed E-state index contributed by atoms with van der Waals surface area (Å²) in [6, 6.07) is -0.569. The third-order valence-electron chi connectivity index (χ3n) is 1.91. The summed E-state index contributed by atoms with van der Waals surface area (Å²) in [5, 5.41) is 4.70. The molecule has 1 aliphatic heterocycles. The van der Waals surface area contributed by atoms with Gasteiger partial charge in [0.25, 0.3) is 0 Å². The van der Waals surface area contributed by atoms with Gasteiger partial charge < -0.3 is 5.32 Å². The molecule has 1 aliphatic rings. The largest absolute Gasteiger partial charge is 0.344 e. The summed E-state index contributed by atoms with van der Waals surface area (Å²) < 4.78 is 0. The Hall–Kier alpha value is -1.04. The molecule has 0 aliphatic carbocycles. The van der Waals surface area contributed by atoms with E-state index in [2.05, 4.69) is 23.3 Å². The van der Waals surface area contributed by atoms with E-state index < -0.39 is 11.9 Å². The van der Waals surface area contributed by atoms with Crippen molar-refractivity contribution >= 4 is 30.4 Å². The molecule has 14 heavy (non-hydrogen) atoms. The van der Waals surface area contributed by atoms with Crippen molar-refractivity contribution in [2.45, 2.75) is 25.3 Å². The summed E-state index contributed by atoms with van der Waals surface area (Å²) in [5.41, 5.74) is 0. The van der Waals surface area contributed by atoms with E-state index in [-0.39, 0.29) is 24.7 Å². The van der Waals surface area contributed by atoms with Crippen LogP contribution in [0.4, 0.5) is 0 Å². The Kier molecular flexibility index (Phi) is 3.94. The average Bonchev–Trinajstić information content (AvgIpc) is 2.10. The summed E-state index contributed by atoms with van der Waals surface area (Å²) in [4.78, 5) is 33.1. The van der Waals surface area contributed by atoms with Gasteiger partial charge in [-0.3, -0.25) is 19.7 Å². The predicted octanol–water partition coefficient (Wildman–Crippen LogP) is -0.772. The number of hydrogen-bond donors (Lipinski definition) is 3. The number of piperidine rings is 1. The summed E-state index contributed by atoms with van der Waals surface area (Å²) in [7, 11) is 0. The number of hydrogen-bond acceptors (Lipinski definition) is 4. The second-order valence-electron chi connectivity index (χ2n) is 3.04. The van der Waals surface area contributed by atoms with E-state index in [0.717, 1.165) is 0 Å². The van der Waals surface area contributed by atoms with Crippen molar-refractivity contribution in [2.24, 2.45) is 0 Å². The molecule has 0 aromatic heterocycles. The highest BCUT2D eigenvalue weighted by atomic mass is 32.1. The Balaban J connectivity index is 2.41. The monoisotopic (exact) mass is 216 g/mol. The van der Waals surface area contributed by atoms with Crippen LogP contribution in [0.3, 0.4) is 0 Å². The Labute approximate surface area is 87.0 Å². The van der Waals surface area contributed by atoms with Crippen LogP contribution in [-0.2, 0) is 14.4 Å². The number of carbonyl (C=O) groups excluding carboxylic acids is 3. The molecule has 6 heteroatoms. The molecule has 0 spiro atoms. The molecule has 1 fully saturated rings. The van der Waals surface area contributed by atoms with E-state index in [9.17, 15) is 14.4 Å². The maximum atomic E-state index is 11.2. The number of nitrogens with one attached hydrogen (secondary N) is 2. The minimum absolute atomic E-state index is 0.213. The van der Waals surface area contributed by atoms with Gasteiger partial charge in [0.1, 0.15) is 6.04 Å². The van der Waals surface area contributed by atoms with Crippen LogP contribution in [-0.4, -0.2) is 29.5 Å². The van der Waals surface area contributed by atoms with E-state index in [1.54, 1.807) is 0 Å². The zero-order valence-electron chi connectivity index (χ0n) is 7.58. The molecule has 5 nitrogen and oxygen atoms in total. The van der Waals surface area contributed by atoms with Crippen LogP contribution in [0.5, 0.6) is 0 Å². The van der Waals surface area contributed by atoms with Crippen LogP contribution < -0.4 is 10.6 Å². The molecule has 78 valence electrons. The first kappa shape index (κ1) is 11.0. The van der Waals surface area contributed by atoms with Crippen LogP contribution in [0.25, 0.3) is 0 Å². The Morgan fingerprint density at radius 2 is 2.29 bits per heavy atom. The van der Waals surface area contributed by atoms with Gasteiger partial charge >= 0.3 is 0 Å². The molecule has 0 bridgehead atoms. The van der Waals surface area contributed by atoms with Crippen molar-refractivity contribution in [3.8, 4) is 0 Å². The van der Waals surface area contributed by atoms with Crippen molar-refractivity contribution in [3.63, 3.8) is 0 Å². The molecule has 0 aromatic rings. The van der Waals surface area contributed by atoms with Gasteiger partial charge in [-0.05, 0) is 12.2 Å². The standard InChI is InChI=1S/C8H12N2O3S/c11-6-2-1-5(8(13)10-6)9-7(12)3-4-14/h5,14H,1-4H2,(H,9,12)(H,10,11,13). The van der Waals surface area contributed by atoms with Crippen molar-refractivity contribution in [1.82, 2.24) is 10.6 Å². The van der Waals surface area contributed by atoms with Crippen LogP contribution in [0.1, 0.15) is 19.3 Å². The first-order chi connectivity index (χ1) is 6.63. The number of rotatable bonds is 3. The van der Waals surface area contributed by atoms with Gasteiger partial charge in [-0.2, -0.15) is 12.6 Å². The van der Waals surface area contributed by atoms with Crippen LogP contribution in [0.15, 0.2) is 0 Å². The molecule has 0 saturated carbocycles. The number of thiol groups is 1. The first-order valence-corrected chi connectivity index (χ1v) is 5.00. The molecule has 1 rings (SSSR count). The SMILES string of the molecule is O=C1CCC(NC(=O)CCS)C(=O)N1. The second-order valence-corrected chi connectivity index (χ2v) is 3.49. The molecular weight excluding hydrogens is 204 g/mol. The molecule has 1 saturated heterocycles. The smallest absolute Gasteiger partial charge is 0.249 e. The summed E-state index contributed by atoms with van der Waals surface area (Å²) in [5.74, 6) is -0.475. The molecule has 0 aromatic carbocycles. The number of carbonyl (C=O) groups is 3. The van der Waals surface area contributed by atoms with Crippen LogP contribution >= 0.6 is 12.6 Å². The fourth-order valence-corrected chi connectivity index (χ4v) is 1.40. The molecule has 2 N–H and O–H groups in total. The van der Waals surface area contributed by atoms with Crippen molar-refractivity contribution in [2.75, 3.05) is 5.75 Å². The van der Waals surface area contributed by atoms with Gasteiger partial charge in [-0.25, -0.2) is 0 Å². The lowest BCUT2D eigenvalue weighted by Crippen LogP contribution is -2.52. The van der Waals surface area contributed by atoms with Gasteiger partial charge in [0.2, 0.25) is 17.7 Å².